The quantitative estimate of drug-likeness (QED) is 0.386. The van der Waals surface area contributed by atoms with Crippen molar-refractivity contribution in [3.05, 3.63) is 77.7 Å². The van der Waals surface area contributed by atoms with Crippen LogP contribution in [-0.4, -0.2) is 33.5 Å². The number of carboxylic acids is 1. The van der Waals surface area contributed by atoms with E-state index in [0.717, 1.165) is 48.1 Å². The van der Waals surface area contributed by atoms with Gasteiger partial charge in [0.2, 0.25) is 5.91 Å². The highest BCUT2D eigenvalue weighted by molar-refractivity contribution is 5.79. The Morgan fingerprint density at radius 3 is 2.50 bits per heavy atom. The van der Waals surface area contributed by atoms with Crippen molar-refractivity contribution in [2.75, 3.05) is 6.54 Å². The van der Waals surface area contributed by atoms with Crippen molar-refractivity contribution in [1.29, 1.82) is 0 Å². The van der Waals surface area contributed by atoms with Gasteiger partial charge in [-0.3, -0.25) is 9.59 Å². The number of carbonyl (C=O) groups is 2. The number of hydrogen-bond acceptors (Lipinski definition) is 4. The van der Waals surface area contributed by atoms with Crippen LogP contribution in [0.1, 0.15) is 48.7 Å². The van der Waals surface area contributed by atoms with Crippen LogP contribution in [-0.2, 0) is 22.4 Å². The fraction of sp³-hybridized carbons (Fsp3) is 0.370. The van der Waals surface area contributed by atoms with Crippen molar-refractivity contribution in [2.24, 2.45) is 17.6 Å². The molecule has 1 aliphatic carbocycles. The number of nitrogens with two attached hydrogens (primary N) is 1. The number of hydrogen-bond donors (Lipinski definition) is 4. The highest BCUT2D eigenvalue weighted by atomic mass is 16.4. The second-order valence-electron chi connectivity index (χ2n) is 9.15. The lowest BCUT2D eigenvalue weighted by atomic mass is 9.81. The third kappa shape index (κ3) is 6.11. The minimum absolute atomic E-state index is 0.00297. The predicted octanol–water partition coefficient (Wildman–Crippen LogP) is 3.87. The molecule has 1 heterocycles. The molecule has 0 aliphatic heterocycles. The molecule has 34 heavy (non-hydrogen) atoms. The monoisotopic (exact) mass is 460 g/mol. The van der Waals surface area contributed by atoms with Crippen molar-refractivity contribution >= 4 is 11.9 Å². The summed E-state index contributed by atoms with van der Waals surface area (Å²) in [6.45, 7) is 0.688. The summed E-state index contributed by atoms with van der Waals surface area (Å²) in [5.74, 6) is 0.409. The Bertz CT molecular complexity index is 1100. The Labute approximate surface area is 199 Å². The third-order valence-corrected chi connectivity index (χ3v) is 6.66. The fourth-order valence-corrected chi connectivity index (χ4v) is 4.69. The highest BCUT2D eigenvalue weighted by Gasteiger charge is 2.28. The number of imidazole rings is 1. The fourth-order valence-electron chi connectivity index (χ4n) is 4.69. The Morgan fingerprint density at radius 2 is 1.79 bits per heavy atom. The van der Waals surface area contributed by atoms with Crippen LogP contribution in [0.2, 0.25) is 0 Å². The molecule has 0 radical (unpaired) electrons. The molecule has 0 saturated heterocycles. The Morgan fingerprint density at radius 1 is 1.06 bits per heavy atom. The number of benzene rings is 2. The van der Waals surface area contributed by atoms with Crippen LogP contribution in [0.4, 0.5) is 0 Å². The predicted molar refractivity (Wildman–Crippen MR) is 131 cm³/mol. The molecule has 1 saturated carbocycles. The SMILES string of the molecule is NCC1CCC(C(=O)NC(Cc2ccccc2)c2nc(-c3cccc(CC(=O)O)c3)c[nH]2)CC1. The molecule has 5 N–H and O–H groups in total. The van der Waals surface area contributed by atoms with Crippen molar-refractivity contribution in [3.63, 3.8) is 0 Å². The smallest absolute Gasteiger partial charge is 0.307 e. The molecule has 1 aromatic heterocycles. The number of aliphatic carboxylic acids is 1. The van der Waals surface area contributed by atoms with Gasteiger partial charge in [-0.05, 0) is 61.8 Å². The van der Waals surface area contributed by atoms with Crippen molar-refractivity contribution in [2.45, 2.75) is 44.6 Å². The molecule has 2 aromatic carbocycles. The number of aromatic nitrogens is 2. The van der Waals surface area contributed by atoms with Gasteiger partial charge in [-0.25, -0.2) is 4.98 Å². The van der Waals surface area contributed by atoms with E-state index in [1.807, 2.05) is 54.7 Å². The number of H-pyrrole nitrogens is 1. The van der Waals surface area contributed by atoms with Crippen molar-refractivity contribution in [3.8, 4) is 11.3 Å². The summed E-state index contributed by atoms with van der Waals surface area (Å²) >= 11 is 0. The van der Waals surface area contributed by atoms with E-state index in [1.54, 1.807) is 6.07 Å². The van der Waals surface area contributed by atoms with E-state index >= 15 is 0 Å². The summed E-state index contributed by atoms with van der Waals surface area (Å²) in [5, 5.41) is 12.3. The summed E-state index contributed by atoms with van der Waals surface area (Å²) in [6, 6.07) is 17.1. The van der Waals surface area contributed by atoms with E-state index in [4.69, 9.17) is 15.8 Å². The topological polar surface area (TPSA) is 121 Å². The van der Waals surface area contributed by atoms with E-state index < -0.39 is 5.97 Å². The molecule has 0 bridgehead atoms. The van der Waals surface area contributed by atoms with Crippen LogP contribution in [0.5, 0.6) is 0 Å². The lowest BCUT2D eigenvalue weighted by Gasteiger charge is -2.28. The number of nitrogens with one attached hydrogen (secondary N) is 2. The van der Waals surface area contributed by atoms with Crippen LogP contribution in [0.15, 0.2) is 60.8 Å². The number of amides is 1. The molecule has 1 atom stereocenters. The van der Waals surface area contributed by atoms with Crippen LogP contribution in [0.25, 0.3) is 11.3 Å². The Balaban J connectivity index is 1.53. The lowest BCUT2D eigenvalue weighted by Crippen LogP contribution is -2.37. The van der Waals surface area contributed by atoms with Crippen LogP contribution in [0, 0.1) is 11.8 Å². The third-order valence-electron chi connectivity index (χ3n) is 6.66. The maximum Gasteiger partial charge on any atom is 0.307 e. The zero-order valence-corrected chi connectivity index (χ0v) is 19.2. The number of rotatable bonds is 9. The molecule has 0 spiro atoms. The lowest BCUT2D eigenvalue weighted by molar-refractivity contribution is -0.136. The summed E-state index contributed by atoms with van der Waals surface area (Å²) < 4.78 is 0. The summed E-state index contributed by atoms with van der Waals surface area (Å²) in [4.78, 5) is 32.3. The molecule has 1 amide bonds. The number of aromatic amines is 1. The van der Waals surface area contributed by atoms with Gasteiger partial charge in [0.05, 0.1) is 18.2 Å². The molecule has 178 valence electrons. The molecule has 1 unspecified atom stereocenters. The minimum atomic E-state index is -0.869. The van der Waals surface area contributed by atoms with Crippen LogP contribution < -0.4 is 11.1 Å². The molecular formula is C27H32N4O3. The number of carboxylic acid groups (broad SMARTS) is 1. The maximum absolute atomic E-state index is 13.2. The first kappa shape index (κ1) is 23.7. The van der Waals surface area contributed by atoms with Gasteiger partial charge < -0.3 is 21.1 Å². The van der Waals surface area contributed by atoms with Gasteiger partial charge in [0.25, 0.3) is 0 Å². The first-order chi connectivity index (χ1) is 16.5. The summed E-state index contributed by atoms with van der Waals surface area (Å²) in [6.07, 6.45) is 6.12. The number of nitrogens with zero attached hydrogens (tertiary/aromatic N) is 1. The van der Waals surface area contributed by atoms with E-state index in [2.05, 4.69) is 10.3 Å². The molecule has 7 nitrogen and oxygen atoms in total. The van der Waals surface area contributed by atoms with Crippen molar-refractivity contribution < 1.29 is 14.7 Å². The average Bonchev–Trinajstić information content (AvgIpc) is 3.34. The average molecular weight is 461 g/mol. The molecule has 1 fully saturated rings. The second kappa shape index (κ2) is 11.1. The molecule has 4 rings (SSSR count). The molecule has 1 aliphatic rings. The minimum Gasteiger partial charge on any atom is -0.481 e. The highest BCUT2D eigenvalue weighted by Crippen LogP contribution is 2.29. The first-order valence-corrected chi connectivity index (χ1v) is 11.9. The molecule has 3 aromatic rings. The van der Waals surface area contributed by atoms with Gasteiger partial charge in [-0.1, -0.05) is 48.5 Å². The zero-order chi connectivity index (χ0) is 23.9. The summed E-state index contributed by atoms with van der Waals surface area (Å²) in [7, 11) is 0. The van der Waals surface area contributed by atoms with Gasteiger partial charge in [-0.2, -0.15) is 0 Å². The van der Waals surface area contributed by atoms with Gasteiger partial charge in [0.15, 0.2) is 0 Å². The standard InChI is InChI=1S/C27H32N4O3/c28-16-19-9-11-21(12-10-19)27(34)31-23(14-18-5-2-1-3-6-18)26-29-17-24(30-26)22-8-4-7-20(13-22)15-25(32)33/h1-8,13,17,19,21,23H,9-12,14-16,28H2,(H,29,30)(H,31,34)(H,32,33). The second-order valence-corrected chi connectivity index (χ2v) is 9.15. The molecule has 7 heteroatoms. The van der Waals surface area contributed by atoms with E-state index in [1.165, 1.54) is 0 Å². The van der Waals surface area contributed by atoms with Gasteiger partial charge >= 0.3 is 5.97 Å². The maximum atomic E-state index is 13.2. The zero-order valence-electron chi connectivity index (χ0n) is 19.2. The van der Waals surface area contributed by atoms with E-state index in [0.29, 0.717) is 24.7 Å². The van der Waals surface area contributed by atoms with Crippen LogP contribution in [0.3, 0.4) is 0 Å². The van der Waals surface area contributed by atoms with Gasteiger partial charge in [0, 0.05) is 17.7 Å². The Kier molecular flexibility index (Phi) is 7.75. The van der Waals surface area contributed by atoms with Gasteiger partial charge in [-0.15, -0.1) is 0 Å². The van der Waals surface area contributed by atoms with Crippen LogP contribution >= 0.6 is 0 Å². The largest absolute Gasteiger partial charge is 0.481 e. The summed E-state index contributed by atoms with van der Waals surface area (Å²) in [5.41, 5.74) is 9.20. The first-order valence-electron chi connectivity index (χ1n) is 11.9. The number of carbonyl (C=O) groups excluding carboxylic acids is 1. The van der Waals surface area contributed by atoms with E-state index in [-0.39, 0.29) is 24.3 Å². The van der Waals surface area contributed by atoms with Gasteiger partial charge in [0.1, 0.15) is 5.82 Å². The van der Waals surface area contributed by atoms with Crippen molar-refractivity contribution in [1.82, 2.24) is 15.3 Å². The molecular weight excluding hydrogens is 428 g/mol. The Hall–Kier alpha value is -3.45. The normalized spacial score (nSPS) is 18.9. The van der Waals surface area contributed by atoms with E-state index in [9.17, 15) is 9.59 Å².